The van der Waals surface area contributed by atoms with Gasteiger partial charge in [-0.1, -0.05) is 42.5 Å². The molecule has 0 radical (unpaired) electrons. The van der Waals surface area contributed by atoms with Crippen molar-refractivity contribution in [2.45, 2.75) is 12.8 Å². The fourth-order valence-corrected chi connectivity index (χ4v) is 1.83. The van der Waals surface area contributed by atoms with Gasteiger partial charge in [-0.3, -0.25) is 0 Å². The Morgan fingerprint density at radius 1 is 1.17 bits per heavy atom. The van der Waals surface area contributed by atoms with Gasteiger partial charge in [0.05, 0.1) is 6.61 Å². The summed E-state index contributed by atoms with van der Waals surface area (Å²) in [7, 11) is 0. The summed E-state index contributed by atoms with van der Waals surface area (Å²) in [5.41, 5.74) is -0.320. The molecular weight excluding hydrogens is 238 g/mol. The Bertz CT molecular complexity index is 574. The van der Waals surface area contributed by atoms with E-state index in [0.29, 0.717) is 10.8 Å². The zero-order valence-electron chi connectivity index (χ0n) is 9.82. The van der Waals surface area contributed by atoms with E-state index in [9.17, 15) is 13.6 Å². The van der Waals surface area contributed by atoms with Crippen molar-refractivity contribution in [3.63, 3.8) is 0 Å². The number of ether oxygens (including phenoxy) is 1. The monoisotopic (exact) mass is 250 g/mol. The van der Waals surface area contributed by atoms with Crippen LogP contribution >= 0.6 is 0 Å². The third kappa shape index (κ3) is 2.06. The molecule has 94 valence electrons. The number of rotatable bonds is 3. The largest absolute Gasteiger partial charge is 0.461 e. The molecule has 0 amide bonds. The second-order valence-corrected chi connectivity index (χ2v) is 3.82. The van der Waals surface area contributed by atoms with E-state index in [-0.39, 0.29) is 12.2 Å². The highest BCUT2D eigenvalue weighted by Crippen LogP contribution is 2.34. The van der Waals surface area contributed by atoms with Gasteiger partial charge < -0.3 is 4.74 Å². The Balaban J connectivity index is 2.56. The van der Waals surface area contributed by atoms with Gasteiger partial charge >= 0.3 is 11.9 Å². The number of esters is 1. The molecule has 2 nitrogen and oxygen atoms in total. The van der Waals surface area contributed by atoms with Crippen LogP contribution < -0.4 is 0 Å². The van der Waals surface area contributed by atoms with Crippen molar-refractivity contribution in [3.05, 3.63) is 48.0 Å². The zero-order chi connectivity index (χ0) is 13.2. The normalized spacial score (nSPS) is 11.5. The standard InChI is InChI=1S/C14H12F2O2/c1-2-18-13(17)14(15,16)12-9-5-7-10-6-3-4-8-11(10)12/h3-9H,2H2,1H3. The van der Waals surface area contributed by atoms with Crippen LogP contribution in [-0.4, -0.2) is 12.6 Å². The molecular formula is C14H12F2O2. The minimum Gasteiger partial charge on any atom is -0.461 e. The Morgan fingerprint density at radius 3 is 2.56 bits per heavy atom. The smallest absolute Gasteiger partial charge is 0.382 e. The predicted molar refractivity (Wildman–Crippen MR) is 64.5 cm³/mol. The van der Waals surface area contributed by atoms with Crippen LogP contribution in [0.15, 0.2) is 42.5 Å². The minimum atomic E-state index is -3.63. The lowest BCUT2D eigenvalue weighted by atomic mass is 10.00. The van der Waals surface area contributed by atoms with E-state index in [1.807, 2.05) is 0 Å². The van der Waals surface area contributed by atoms with Crippen molar-refractivity contribution in [1.82, 2.24) is 0 Å². The molecule has 0 aliphatic heterocycles. The summed E-state index contributed by atoms with van der Waals surface area (Å²) in [6.07, 6.45) is 0. The average Bonchev–Trinajstić information content (AvgIpc) is 2.38. The van der Waals surface area contributed by atoms with Gasteiger partial charge in [-0.15, -0.1) is 0 Å². The zero-order valence-corrected chi connectivity index (χ0v) is 9.82. The molecule has 0 unspecified atom stereocenters. The van der Waals surface area contributed by atoms with Crippen molar-refractivity contribution in [2.75, 3.05) is 6.61 Å². The molecule has 0 aromatic heterocycles. The van der Waals surface area contributed by atoms with Gasteiger partial charge in [0.2, 0.25) is 0 Å². The fraction of sp³-hybridized carbons (Fsp3) is 0.214. The highest BCUT2D eigenvalue weighted by atomic mass is 19.3. The van der Waals surface area contributed by atoms with Crippen molar-refractivity contribution >= 4 is 16.7 Å². The SMILES string of the molecule is CCOC(=O)C(F)(F)c1cccc2ccccc12. The van der Waals surface area contributed by atoms with Crippen LogP contribution in [0.5, 0.6) is 0 Å². The molecule has 0 bridgehead atoms. The molecule has 18 heavy (non-hydrogen) atoms. The average molecular weight is 250 g/mol. The maximum absolute atomic E-state index is 14.0. The van der Waals surface area contributed by atoms with Crippen molar-refractivity contribution in [3.8, 4) is 0 Å². The Labute approximate surface area is 103 Å². The summed E-state index contributed by atoms with van der Waals surface area (Å²) < 4.78 is 32.4. The number of hydrogen-bond acceptors (Lipinski definition) is 2. The molecule has 0 heterocycles. The molecule has 2 rings (SSSR count). The van der Waals surface area contributed by atoms with Gasteiger partial charge in [0.25, 0.3) is 0 Å². The van der Waals surface area contributed by atoms with Crippen LogP contribution in [-0.2, 0) is 15.5 Å². The van der Waals surface area contributed by atoms with Crippen molar-refractivity contribution in [1.29, 1.82) is 0 Å². The van der Waals surface area contributed by atoms with E-state index >= 15 is 0 Å². The molecule has 2 aromatic rings. The molecule has 2 aromatic carbocycles. The first kappa shape index (κ1) is 12.5. The minimum absolute atomic E-state index is 0.0702. The first-order valence-corrected chi connectivity index (χ1v) is 5.60. The van der Waals surface area contributed by atoms with Crippen LogP contribution in [0, 0.1) is 0 Å². The topological polar surface area (TPSA) is 26.3 Å². The Kier molecular flexibility index (Phi) is 3.28. The number of hydrogen-bond donors (Lipinski definition) is 0. The molecule has 0 saturated carbocycles. The molecule has 0 spiro atoms. The number of benzene rings is 2. The van der Waals surface area contributed by atoms with Crippen LogP contribution in [0.1, 0.15) is 12.5 Å². The lowest BCUT2D eigenvalue weighted by Crippen LogP contribution is -2.28. The van der Waals surface area contributed by atoms with Gasteiger partial charge in [-0.05, 0) is 17.7 Å². The third-order valence-corrected chi connectivity index (χ3v) is 2.66. The molecule has 0 fully saturated rings. The maximum Gasteiger partial charge on any atom is 0.382 e. The first-order valence-electron chi connectivity index (χ1n) is 5.60. The fourth-order valence-electron chi connectivity index (χ4n) is 1.83. The molecule has 0 aliphatic carbocycles. The first-order chi connectivity index (χ1) is 8.57. The predicted octanol–water partition coefficient (Wildman–Crippen LogP) is 3.49. The van der Waals surface area contributed by atoms with E-state index in [1.165, 1.54) is 19.1 Å². The van der Waals surface area contributed by atoms with Crippen LogP contribution in [0.2, 0.25) is 0 Å². The Hall–Kier alpha value is -1.97. The molecule has 0 atom stereocenters. The van der Waals surface area contributed by atoms with Gasteiger partial charge in [0.15, 0.2) is 0 Å². The number of halogens is 2. The summed E-state index contributed by atoms with van der Waals surface area (Å²) in [6.45, 7) is 1.43. The number of carbonyl (C=O) groups excluding carboxylic acids is 1. The lowest BCUT2D eigenvalue weighted by molar-refractivity contribution is -0.172. The highest BCUT2D eigenvalue weighted by molar-refractivity contribution is 5.91. The highest BCUT2D eigenvalue weighted by Gasteiger charge is 2.43. The van der Waals surface area contributed by atoms with Crippen LogP contribution in [0.25, 0.3) is 10.8 Å². The molecule has 0 N–H and O–H groups in total. The summed E-state index contributed by atoms with van der Waals surface area (Å²) in [5, 5.41) is 1.03. The second-order valence-electron chi connectivity index (χ2n) is 3.82. The van der Waals surface area contributed by atoms with E-state index < -0.39 is 11.9 Å². The maximum atomic E-state index is 14.0. The van der Waals surface area contributed by atoms with Gasteiger partial charge in [0, 0.05) is 5.56 Å². The molecule has 0 aliphatic rings. The number of fused-ring (bicyclic) bond motifs is 1. The molecule has 4 heteroatoms. The summed E-state index contributed by atoms with van der Waals surface area (Å²) >= 11 is 0. The van der Waals surface area contributed by atoms with Gasteiger partial charge in [0.1, 0.15) is 0 Å². The number of carbonyl (C=O) groups is 1. The van der Waals surface area contributed by atoms with Gasteiger partial charge in [-0.25, -0.2) is 4.79 Å². The van der Waals surface area contributed by atoms with Gasteiger partial charge in [-0.2, -0.15) is 8.78 Å². The Morgan fingerprint density at radius 2 is 1.83 bits per heavy atom. The van der Waals surface area contributed by atoms with Crippen LogP contribution in [0.4, 0.5) is 8.78 Å². The second kappa shape index (κ2) is 4.72. The van der Waals surface area contributed by atoms with E-state index in [0.717, 1.165) is 0 Å². The van der Waals surface area contributed by atoms with Crippen molar-refractivity contribution < 1.29 is 18.3 Å². The lowest BCUT2D eigenvalue weighted by Gasteiger charge is -2.16. The summed E-state index contributed by atoms with van der Waals surface area (Å²) in [5.74, 6) is -5.14. The summed E-state index contributed by atoms with van der Waals surface area (Å²) in [6, 6.07) is 11.2. The van der Waals surface area contributed by atoms with Crippen molar-refractivity contribution in [2.24, 2.45) is 0 Å². The molecule has 0 saturated heterocycles. The van der Waals surface area contributed by atoms with E-state index in [2.05, 4.69) is 4.74 Å². The van der Waals surface area contributed by atoms with E-state index in [1.54, 1.807) is 30.3 Å². The third-order valence-electron chi connectivity index (χ3n) is 2.66. The van der Waals surface area contributed by atoms with E-state index in [4.69, 9.17) is 0 Å². The summed E-state index contributed by atoms with van der Waals surface area (Å²) in [4.78, 5) is 11.3. The quantitative estimate of drug-likeness (QED) is 0.779. The van der Waals surface area contributed by atoms with Crippen LogP contribution in [0.3, 0.4) is 0 Å². The number of alkyl halides is 2.